The van der Waals surface area contributed by atoms with Gasteiger partial charge in [-0.2, -0.15) is 0 Å². The van der Waals surface area contributed by atoms with Gasteiger partial charge in [0.15, 0.2) is 0 Å². The summed E-state index contributed by atoms with van der Waals surface area (Å²) in [7, 11) is 0. The zero-order valence-electron chi connectivity index (χ0n) is 19.6. The summed E-state index contributed by atoms with van der Waals surface area (Å²) in [6.07, 6.45) is 5.02. The molecular formula is C29H28FN3O2. The highest BCUT2D eigenvalue weighted by Crippen LogP contribution is 2.34. The van der Waals surface area contributed by atoms with Crippen molar-refractivity contribution in [2.45, 2.75) is 32.4 Å². The molecule has 6 heteroatoms. The molecule has 3 heterocycles. The van der Waals surface area contributed by atoms with Crippen LogP contribution < -0.4 is 15.6 Å². The molecule has 0 amide bonds. The number of benzene rings is 3. The Balaban J connectivity index is 1.31. The molecule has 4 aromatic rings. The Morgan fingerprint density at radius 2 is 1.83 bits per heavy atom. The fourth-order valence-corrected chi connectivity index (χ4v) is 5.35. The summed E-state index contributed by atoms with van der Waals surface area (Å²) in [6.45, 7) is 4.26. The Hall–Kier alpha value is -3.64. The summed E-state index contributed by atoms with van der Waals surface area (Å²) in [5, 5.41) is 5.16. The quantitative estimate of drug-likeness (QED) is 0.393. The number of ether oxygens (including phenoxy) is 1. The Morgan fingerprint density at radius 3 is 2.66 bits per heavy atom. The molecule has 3 aromatic carbocycles. The molecular weight excluding hydrogens is 441 g/mol. The monoisotopic (exact) mass is 469 g/mol. The van der Waals surface area contributed by atoms with E-state index in [0.717, 1.165) is 45.4 Å². The summed E-state index contributed by atoms with van der Waals surface area (Å²) in [5.41, 5.74) is 5.65. The van der Waals surface area contributed by atoms with Gasteiger partial charge in [-0.25, -0.2) is 4.39 Å². The predicted molar refractivity (Wildman–Crippen MR) is 137 cm³/mol. The fraction of sp³-hybridized carbons (Fsp3) is 0.276. The Labute approximate surface area is 203 Å². The van der Waals surface area contributed by atoms with Gasteiger partial charge in [-0.15, -0.1) is 0 Å². The lowest BCUT2D eigenvalue weighted by molar-refractivity contribution is 0.331. The molecule has 5 nitrogen and oxygen atoms in total. The van der Waals surface area contributed by atoms with E-state index in [0.29, 0.717) is 25.1 Å². The van der Waals surface area contributed by atoms with Gasteiger partial charge in [0.25, 0.3) is 0 Å². The zero-order chi connectivity index (χ0) is 23.8. The van der Waals surface area contributed by atoms with Gasteiger partial charge in [0.1, 0.15) is 11.6 Å². The van der Waals surface area contributed by atoms with Crippen LogP contribution in [0.2, 0.25) is 0 Å². The molecule has 2 aliphatic heterocycles. The van der Waals surface area contributed by atoms with Crippen LogP contribution in [0, 0.1) is 5.82 Å². The number of nitrogens with zero attached hydrogens (tertiary/aromatic N) is 1. The first-order valence-electron chi connectivity index (χ1n) is 12.3. The molecule has 0 bridgehead atoms. The molecule has 1 saturated heterocycles. The third-order valence-corrected chi connectivity index (χ3v) is 7.19. The van der Waals surface area contributed by atoms with Crippen LogP contribution >= 0.6 is 0 Å². The summed E-state index contributed by atoms with van der Waals surface area (Å²) in [5.74, 6) is 0.533. The molecule has 0 saturated carbocycles. The van der Waals surface area contributed by atoms with Gasteiger partial charge in [0.05, 0.1) is 6.61 Å². The molecule has 0 atom stereocenters. The SMILES string of the molecule is O=c1cc2c(-c3ccc(CN4CCCC4)cc3)ccc(NCc3c(F)ccc4c3CCO4)c2c[nH]1. The number of aromatic nitrogens is 1. The minimum atomic E-state index is -0.231. The molecule has 0 radical (unpaired) electrons. The fourth-order valence-electron chi connectivity index (χ4n) is 5.35. The number of aromatic amines is 1. The van der Waals surface area contributed by atoms with E-state index in [1.54, 1.807) is 18.3 Å². The molecule has 0 spiro atoms. The van der Waals surface area contributed by atoms with Crippen molar-refractivity contribution >= 4 is 16.5 Å². The second kappa shape index (κ2) is 9.19. The van der Waals surface area contributed by atoms with Gasteiger partial charge in [0, 0.05) is 54.0 Å². The third-order valence-electron chi connectivity index (χ3n) is 7.19. The van der Waals surface area contributed by atoms with E-state index in [4.69, 9.17) is 4.74 Å². The molecule has 178 valence electrons. The predicted octanol–water partition coefficient (Wildman–Crippen LogP) is 5.48. The summed E-state index contributed by atoms with van der Waals surface area (Å²) >= 11 is 0. The van der Waals surface area contributed by atoms with Gasteiger partial charge in [-0.1, -0.05) is 30.3 Å². The van der Waals surface area contributed by atoms with Crippen LogP contribution in [0.4, 0.5) is 10.1 Å². The number of nitrogens with one attached hydrogen (secondary N) is 2. The number of hydrogen-bond donors (Lipinski definition) is 2. The minimum absolute atomic E-state index is 0.148. The maximum absolute atomic E-state index is 14.6. The van der Waals surface area contributed by atoms with Crippen LogP contribution in [0.3, 0.4) is 0 Å². The molecule has 35 heavy (non-hydrogen) atoms. The number of likely N-dealkylation sites (tertiary alicyclic amines) is 1. The van der Waals surface area contributed by atoms with Crippen molar-refractivity contribution in [2.24, 2.45) is 0 Å². The number of anilines is 1. The zero-order valence-corrected chi connectivity index (χ0v) is 19.6. The number of H-pyrrole nitrogens is 1. The maximum atomic E-state index is 14.6. The van der Waals surface area contributed by atoms with Crippen LogP contribution in [-0.4, -0.2) is 29.6 Å². The highest BCUT2D eigenvalue weighted by molar-refractivity contribution is 6.03. The minimum Gasteiger partial charge on any atom is -0.493 e. The average Bonchev–Trinajstić information content (AvgIpc) is 3.56. The lowest BCUT2D eigenvalue weighted by Gasteiger charge is -2.16. The Morgan fingerprint density at radius 1 is 1.00 bits per heavy atom. The smallest absolute Gasteiger partial charge is 0.248 e. The molecule has 2 aliphatic rings. The molecule has 0 aliphatic carbocycles. The van der Waals surface area contributed by atoms with Crippen molar-refractivity contribution < 1.29 is 9.13 Å². The normalized spacial score (nSPS) is 15.3. The summed E-state index contributed by atoms with van der Waals surface area (Å²) < 4.78 is 20.2. The highest BCUT2D eigenvalue weighted by atomic mass is 19.1. The largest absolute Gasteiger partial charge is 0.493 e. The Bertz CT molecular complexity index is 1440. The van der Waals surface area contributed by atoms with Crippen molar-refractivity contribution in [3.8, 4) is 16.9 Å². The lowest BCUT2D eigenvalue weighted by Crippen LogP contribution is -2.18. The van der Waals surface area contributed by atoms with E-state index >= 15 is 0 Å². The number of fused-ring (bicyclic) bond motifs is 2. The first-order valence-corrected chi connectivity index (χ1v) is 12.3. The molecule has 0 unspecified atom stereocenters. The summed E-state index contributed by atoms with van der Waals surface area (Å²) in [6, 6.07) is 17.5. The molecule has 1 aromatic heterocycles. The second-order valence-electron chi connectivity index (χ2n) is 9.42. The van der Waals surface area contributed by atoms with Gasteiger partial charge in [-0.3, -0.25) is 9.69 Å². The molecule has 1 fully saturated rings. The second-order valence-corrected chi connectivity index (χ2v) is 9.42. The number of rotatable bonds is 6. The van der Waals surface area contributed by atoms with Crippen LogP contribution in [0.5, 0.6) is 5.75 Å². The van der Waals surface area contributed by atoms with E-state index in [2.05, 4.69) is 39.5 Å². The Kier molecular flexibility index (Phi) is 5.74. The van der Waals surface area contributed by atoms with Crippen molar-refractivity contribution in [3.05, 3.63) is 93.7 Å². The van der Waals surface area contributed by atoms with Crippen molar-refractivity contribution in [1.82, 2.24) is 9.88 Å². The van der Waals surface area contributed by atoms with Gasteiger partial charge in [-0.05, 0) is 66.2 Å². The van der Waals surface area contributed by atoms with E-state index in [1.807, 2.05) is 12.1 Å². The van der Waals surface area contributed by atoms with E-state index in [9.17, 15) is 9.18 Å². The topological polar surface area (TPSA) is 57.4 Å². The first-order chi connectivity index (χ1) is 17.2. The molecule has 2 N–H and O–H groups in total. The van der Waals surface area contributed by atoms with Gasteiger partial charge < -0.3 is 15.0 Å². The van der Waals surface area contributed by atoms with Crippen LogP contribution in [-0.2, 0) is 19.5 Å². The number of halogens is 1. The van der Waals surface area contributed by atoms with E-state index < -0.39 is 0 Å². The van der Waals surface area contributed by atoms with Crippen molar-refractivity contribution in [1.29, 1.82) is 0 Å². The van der Waals surface area contributed by atoms with Crippen LogP contribution in [0.1, 0.15) is 29.5 Å². The number of hydrogen-bond acceptors (Lipinski definition) is 4. The highest BCUT2D eigenvalue weighted by Gasteiger charge is 2.20. The summed E-state index contributed by atoms with van der Waals surface area (Å²) in [4.78, 5) is 17.5. The third kappa shape index (κ3) is 4.30. The van der Waals surface area contributed by atoms with Crippen LogP contribution in [0.15, 0.2) is 65.6 Å². The molecule has 6 rings (SSSR count). The number of pyridine rings is 1. The van der Waals surface area contributed by atoms with Crippen LogP contribution in [0.25, 0.3) is 21.9 Å². The average molecular weight is 470 g/mol. The standard InChI is InChI=1S/C29H28FN3O2/c30-26-8-10-28-22(11-14-35-28)24(26)16-31-27-9-7-21(23-15-29(34)32-17-25(23)27)20-5-3-19(4-6-20)18-33-12-1-2-13-33/h3-10,15,17,31H,1-2,11-14,16,18H2,(H,32,34). The van der Waals surface area contributed by atoms with Gasteiger partial charge in [0.2, 0.25) is 5.56 Å². The van der Waals surface area contributed by atoms with E-state index in [-0.39, 0.29) is 11.4 Å². The van der Waals surface area contributed by atoms with Crippen molar-refractivity contribution in [3.63, 3.8) is 0 Å². The van der Waals surface area contributed by atoms with Crippen molar-refractivity contribution in [2.75, 3.05) is 25.0 Å². The maximum Gasteiger partial charge on any atom is 0.248 e. The van der Waals surface area contributed by atoms with E-state index in [1.165, 1.54) is 37.6 Å². The van der Waals surface area contributed by atoms with Gasteiger partial charge >= 0.3 is 0 Å². The first kappa shape index (κ1) is 21.9. The lowest BCUT2D eigenvalue weighted by atomic mass is 9.97.